The van der Waals surface area contributed by atoms with Crippen LogP contribution in [0.3, 0.4) is 0 Å². The van der Waals surface area contributed by atoms with E-state index in [1.807, 2.05) is 18.5 Å². The maximum absolute atomic E-state index is 10.1. The molecule has 170 valence electrons. The van der Waals surface area contributed by atoms with Crippen LogP contribution >= 0.6 is 0 Å². The average Bonchev–Trinajstić information content (AvgIpc) is 3.27. The number of morpholine rings is 1. The van der Waals surface area contributed by atoms with Crippen molar-refractivity contribution in [2.45, 2.75) is 38.6 Å². The Morgan fingerprint density at radius 2 is 1.91 bits per heavy atom. The Morgan fingerprint density at radius 1 is 1.09 bits per heavy atom. The van der Waals surface area contributed by atoms with Crippen LogP contribution in [0.5, 0.6) is 5.75 Å². The molecule has 0 amide bonds. The van der Waals surface area contributed by atoms with E-state index in [9.17, 15) is 5.11 Å². The van der Waals surface area contributed by atoms with E-state index in [2.05, 4.69) is 21.3 Å². The van der Waals surface area contributed by atoms with Gasteiger partial charge in [0.05, 0.1) is 19.5 Å². The Morgan fingerprint density at radius 3 is 2.66 bits per heavy atom. The van der Waals surface area contributed by atoms with Gasteiger partial charge in [0.2, 0.25) is 5.95 Å². The third-order valence-corrected chi connectivity index (χ3v) is 6.60. The monoisotopic (exact) mass is 436 g/mol. The molecule has 3 aromatic rings. The first-order chi connectivity index (χ1) is 15.7. The van der Waals surface area contributed by atoms with E-state index in [-0.39, 0.29) is 5.75 Å². The lowest BCUT2D eigenvalue weighted by atomic mass is 10.0. The number of nitrogens with zero attached hydrogens (tertiary/aromatic N) is 6. The fourth-order valence-corrected chi connectivity index (χ4v) is 4.73. The molecule has 2 aliphatic heterocycles. The third kappa shape index (κ3) is 4.29. The topological polar surface area (TPSA) is 79.5 Å². The van der Waals surface area contributed by atoms with Gasteiger partial charge in [0.25, 0.3) is 0 Å². The van der Waals surface area contributed by atoms with Gasteiger partial charge >= 0.3 is 0 Å². The Hall–Kier alpha value is -2.71. The Bertz CT molecular complexity index is 1050. The summed E-state index contributed by atoms with van der Waals surface area (Å²) in [5, 5.41) is 10.1. The zero-order chi connectivity index (χ0) is 21.9. The average molecular weight is 437 g/mol. The first-order valence-electron chi connectivity index (χ1n) is 11.8. The van der Waals surface area contributed by atoms with Crippen molar-refractivity contribution in [1.82, 2.24) is 24.4 Å². The van der Waals surface area contributed by atoms with E-state index in [0.29, 0.717) is 25.2 Å². The van der Waals surface area contributed by atoms with E-state index in [1.165, 1.54) is 19.4 Å². The van der Waals surface area contributed by atoms with Crippen LogP contribution < -0.4 is 4.90 Å². The van der Waals surface area contributed by atoms with Gasteiger partial charge in [-0.15, -0.1) is 0 Å². The Balaban J connectivity index is 1.52. The molecule has 2 aliphatic rings. The minimum atomic E-state index is 0.223. The highest BCUT2D eigenvalue weighted by Gasteiger charge is 2.25. The van der Waals surface area contributed by atoms with Gasteiger partial charge in [-0.05, 0) is 37.9 Å². The molecule has 0 aliphatic carbocycles. The number of phenolic OH excluding ortho intramolecular Hbond substituents is 1. The second-order valence-corrected chi connectivity index (χ2v) is 8.77. The van der Waals surface area contributed by atoms with Crippen molar-refractivity contribution >= 4 is 17.1 Å². The molecule has 0 unspecified atom stereocenters. The number of aromatic nitrogens is 4. The van der Waals surface area contributed by atoms with Crippen LogP contribution in [0.4, 0.5) is 5.95 Å². The van der Waals surface area contributed by atoms with Gasteiger partial charge in [-0.1, -0.05) is 25.5 Å². The van der Waals surface area contributed by atoms with E-state index in [0.717, 1.165) is 61.4 Å². The summed E-state index contributed by atoms with van der Waals surface area (Å²) in [7, 11) is 0. The molecule has 2 aromatic heterocycles. The summed E-state index contributed by atoms with van der Waals surface area (Å²) >= 11 is 0. The molecule has 0 saturated carbocycles. The van der Waals surface area contributed by atoms with Crippen molar-refractivity contribution in [2.24, 2.45) is 0 Å². The van der Waals surface area contributed by atoms with Crippen LogP contribution in [-0.4, -0.2) is 75.5 Å². The fourth-order valence-electron chi connectivity index (χ4n) is 4.73. The number of likely N-dealkylation sites (tertiary alicyclic amines) is 1. The summed E-state index contributed by atoms with van der Waals surface area (Å²) in [4.78, 5) is 19.4. The summed E-state index contributed by atoms with van der Waals surface area (Å²) in [6.45, 7) is 8.58. The molecule has 2 fully saturated rings. The Labute approximate surface area is 188 Å². The molecule has 2 saturated heterocycles. The molecule has 0 atom stereocenters. The van der Waals surface area contributed by atoms with Crippen LogP contribution in [0, 0.1) is 0 Å². The maximum atomic E-state index is 10.1. The number of hydrogen-bond acceptors (Lipinski definition) is 7. The molecule has 8 nitrogen and oxygen atoms in total. The lowest BCUT2D eigenvalue weighted by Gasteiger charge is -2.32. The standard InChI is InChI=1S/C24H32N6O2/c1-2-3-9-28-10-7-19(8-11-28)30-17-25-22-21(18-5-4-6-20(31)16-18)26-24(27-23(22)30)29-12-14-32-15-13-29/h4-6,16-17,19,31H,2-3,7-15H2,1H3. The number of rotatable bonds is 6. The molecule has 8 heteroatoms. The second kappa shape index (κ2) is 9.42. The molecule has 0 spiro atoms. The maximum Gasteiger partial charge on any atom is 0.228 e. The number of ether oxygens (including phenoxy) is 1. The molecule has 32 heavy (non-hydrogen) atoms. The second-order valence-electron chi connectivity index (χ2n) is 8.77. The van der Waals surface area contributed by atoms with E-state index in [1.54, 1.807) is 12.1 Å². The van der Waals surface area contributed by atoms with Crippen molar-refractivity contribution in [2.75, 3.05) is 50.8 Å². The third-order valence-electron chi connectivity index (χ3n) is 6.60. The SMILES string of the molecule is CCCCN1CCC(n2cnc3c(-c4cccc(O)c4)nc(N4CCOCC4)nc32)CC1. The quantitative estimate of drug-likeness (QED) is 0.634. The van der Waals surface area contributed by atoms with Crippen molar-refractivity contribution in [3.8, 4) is 17.0 Å². The van der Waals surface area contributed by atoms with Gasteiger partial charge in [0.15, 0.2) is 5.65 Å². The van der Waals surface area contributed by atoms with E-state index < -0.39 is 0 Å². The van der Waals surface area contributed by atoms with Crippen LogP contribution in [0.15, 0.2) is 30.6 Å². The smallest absolute Gasteiger partial charge is 0.228 e. The van der Waals surface area contributed by atoms with E-state index >= 15 is 0 Å². The first kappa shape index (κ1) is 21.2. The number of unbranched alkanes of at least 4 members (excludes halogenated alkanes) is 1. The number of fused-ring (bicyclic) bond motifs is 1. The minimum Gasteiger partial charge on any atom is -0.508 e. The van der Waals surface area contributed by atoms with Crippen LogP contribution in [0.25, 0.3) is 22.4 Å². The zero-order valence-electron chi connectivity index (χ0n) is 18.8. The Kier molecular flexibility index (Phi) is 6.23. The van der Waals surface area contributed by atoms with Crippen molar-refractivity contribution in [1.29, 1.82) is 0 Å². The fraction of sp³-hybridized carbons (Fsp3) is 0.542. The summed E-state index contributed by atoms with van der Waals surface area (Å²) < 4.78 is 7.78. The first-order valence-corrected chi connectivity index (χ1v) is 11.8. The van der Waals surface area contributed by atoms with Crippen molar-refractivity contribution in [3.63, 3.8) is 0 Å². The molecular weight excluding hydrogens is 404 g/mol. The largest absolute Gasteiger partial charge is 0.508 e. The minimum absolute atomic E-state index is 0.223. The summed E-state index contributed by atoms with van der Waals surface area (Å²) in [5.74, 6) is 0.933. The predicted molar refractivity (Wildman–Crippen MR) is 125 cm³/mol. The van der Waals surface area contributed by atoms with E-state index in [4.69, 9.17) is 19.7 Å². The zero-order valence-corrected chi connectivity index (χ0v) is 18.8. The van der Waals surface area contributed by atoms with Crippen LogP contribution in [-0.2, 0) is 4.74 Å². The summed E-state index contributed by atoms with van der Waals surface area (Å²) in [5.41, 5.74) is 3.30. The summed E-state index contributed by atoms with van der Waals surface area (Å²) in [6, 6.07) is 7.62. The van der Waals surface area contributed by atoms with Gasteiger partial charge in [0.1, 0.15) is 17.0 Å². The molecule has 5 rings (SSSR count). The number of phenols is 1. The molecular formula is C24H32N6O2. The summed E-state index contributed by atoms with van der Waals surface area (Å²) in [6.07, 6.45) is 6.65. The normalized spacial score (nSPS) is 18.5. The molecule has 1 N–H and O–H groups in total. The van der Waals surface area contributed by atoms with Gasteiger partial charge in [-0.2, -0.15) is 4.98 Å². The van der Waals surface area contributed by atoms with Crippen molar-refractivity contribution < 1.29 is 9.84 Å². The number of benzene rings is 1. The lowest BCUT2D eigenvalue weighted by Crippen LogP contribution is -2.37. The van der Waals surface area contributed by atoms with Gasteiger partial charge in [0, 0.05) is 37.8 Å². The lowest BCUT2D eigenvalue weighted by molar-refractivity contribution is 0.122. The molecule has 4 heterocycles. The molecule has 0 bridgehead atoms. The predicted octanol–water partition coefficient (Wildman–Crippen LogP) is 3.47. The van der Waals surface area contributed by atoms with Gasteiger partial charge in [-0.3, -0.25) is 0 Å². The number of anilines is 1. The highest BCUT2D eigenvalue weighted by Crippen LogP contribution is 2.32. The number of piperidine rings is 1. The molecule has 0 radical (unpaired) electrons. The molecule has 1 aromatic carbocycles. The number of aromatic hydroxyl groups is 1. The van der Waals surface area contributed by atoms with Crippen LogP contribution in [0.1, 0.15) is 38.6 Å². The van der Waals surface area contributed by atoms with Gasteiger partial charge < -0.3 is 24.2 Å². The highest BCUT2D eigenvalue weighted by atomic mass is 16.5. The van der Waals surface area contributed by atoms with Gasteiger partial charge in [-0.25, -0.2) is 9.97 Å². The van der Waals surface area contributed by atoms with Crippen molar-refractivity contribution in [3.05, 3.63) is 30.6 Å². The number of hydrogen-bond donors (Lipinski definition) is 1. The number of imidazole rings is 1. The van der Waals surface area contributed by atoms with Crippen LogP contribution in [0.2, 0.25) is 0 Å². The highest BCUT2D eigenvalue weighted by molar-refractivity contribution is 5.88.